The topological polar surface area (TPSA) is 58.7 Å². The van der Waals surface area contributed by atoms with Crippen LogP contribution in [0.3, 0.4) is 0 Å². The van der Waals surface area contributed by atoms with Gasteiger partial charge in [-0.3, -0.25) is 0 Å². The maximum Gasteiger partial charge on any atom is 0.121 e. The van der Waals surface area contributed by atoms with Crippen molar-refractivity contribution >= 4 is 11.4 Å². The van der Waals surface area contributed by atoms with Crippen LogP contribution >= 0.6 is 0 Å². The molecule has 1 aliphatic heterocycles. The molecular formula is C13H20N2O2. The maximum atomic E-state index is 9.45. The summed E-state index contributed by atoms with van der Waals surface area (Å²) >= 11 is 0. The van der Waals surface area contributed by atoms with Gasteiger partial charge in [0, 0.05) is 12.6 Å². The predicted octanol–water partition coefficient (Wildman–Crippen LogP) is 1.48. The zero-order valence-electron chi connectivity index (χ0n) is 10.4. The zero-order valence-corrected chi connectivity index (χ0v) is 10.4. The molecule has 1 aromatic rings. The molecule has 2 atom stereocenters. The molecule has 1 heterocycles. The molecule has 3 N–H and O–H groups in total. The normalized spacial score (nSPS) is 24.1. The maximum absolute atomic E-state index is 9.45. The molecule has 0 spiro atoms. The van der Waals surface area contributed by atoms with Gasteiger partial charge in [0.1, 0.15) is 5.75 Å². The van der Waals surface area contributed by atoms with Gasteiger partial charge in [-0.05, 0) is 24.5 Å². The number of aliphatic hydroxyl groups is 1. The Morgan fingerprint density at radius 1 is 1.53 bits per heavy atom. The fourth-order valence-corrected chi connectivity index (χ4v) is 2.51. The Balaban J connectivity index is 2.28. The van der Waals surface area contributed by atoms with E-state index in [1.165, 1.54) is 0 Å². The highest BCUT2D eigenvalue weighted by Crippen LogP contribution is 2.34. The van der Waals surface area contributed by atoms with Gasteiger partial charge >= 0.3 is 0 Å². The Labute approximate surface area is 102 Å². The van der Waals surface area contributed by atoms with Gasteiger partial charge in [-0.1, -0.05) is 6.92 Å². The Morgan fingerprint density at radius 2 is 2.29 bits per heavy atom. The van der Waals surface area contributed by atoms with E-state index in [9.17, 15) is 5.11 Å². The first-order valence-electron chi connectivity index (χ1n) is 5.98. The lowest BCUT2D eigenvalue weighted by Gasteiger charge is -2.28. The third-order valence-electron chi connectivity index (χ3n) is 3.61. The van der Waals surface area contributed by atoms with Crippen LogP contribution < -0.4 is 15.4 Å². The van der Waals surface area contributed by atoms with Gasteiger partial charge in [-0.2, -0.15) is 0 Å². The molecule has 1 aromatic carbocycles. The average molecular weight is 236 g/mol. The average Bonchev–Trinajstić information content (AvgIpc) is 2.70. The van der Waals surface area contributed by atoms with Crippen LogP contribution in [-0.2, 0) is 0 Å². The van der Waals surface area contributed by atoms with Crippen LogP contribution in [0.25, 0.3) is 0 Å². The minimum Gasteiger partial charge on any atom is -0.497 e. The van der Waals surface area contributed by atoms with E-state index in [1.807, 2.05) is 18.2 Å². The summed E-state index contributed by atoms with van der Waals surface area (Å²) in [5, 5.41) is 9.45. The molecule has 0 radical (unpaired) electrons. The molecule has 4 heteroatoms. The fraction of sp³-hybridized carbons (Fsp3) is 0.538. The molecule has 1 fully saturated rings. The molecule has 17 heavy (non-hydrogen) atoms. The molecule has 94 valence electrons. The smallest absolute Gasteiger partial charge is 0.121 e. The number of nitrogens with two attached hydrogens (primary N) is 1. The van der Waals surface area contributed by atoms with Crippen LogP contribution in [0.4, 0.5) is 11.4 Å². The van der Waals surface area contributed by atoms with E-state index in [0.29, 0.717) is 11.6 Å². The molecule has 0 saturated carbocycles. The predicted molar refractivity (Wildman–Crippen MR) is 69.4 cm³/mol. The van der Waals surface area contributed by atoms with Gasteiger partial charge in [0.05, 0.1) is 31.1 Å². The van der Waals surface area contributed by atoms with E-state index >= 15 is 0 Å². The lowest BCUT2D eigenvalue weighted by Crippen LogP contribution is -2.35. The number of nitrogen functional groups attached to an aromatic ring is 1. The number of anilines is 2. The van der Waals surface area contributed by atoms with Crippen molar-refractivity contribution < 1.29 is 9.84 Å². The van der Waals surface area contributed by atoms with Gasteiger partial charge in [0.2, 0.25) is 0 Å². The Kier molecular flexibility index (Phi) is 3.43. The number of hydrogen-bond acceptors (Lipinski definition) is 4. The largest absolute Gasteiger partial charge is 0.497 e. The van der Waals surface area contributed by atoms with E-state index in [4.69, 9.17) is 10.5 Å². The molecule has 2 unspecified atom stereocenters. The molecule has 2 rings (SSSR count). The zero-order chi connectivity index (χ0) is 12.4. The highest BCUT2D eigenvalue weighted by Gasteiger charge is 2.31. The molecule has 0 amide bonds. The first-order valence-corrected chi connectivity index (χ1v) is 5.98. The number of aliphatic hydroxyl groups excluding tert-OH is 1. The molecule has 1 saturated heterocycles. The molecule has 0 aliphatic carbocycles. The van der Waals surface area contributed by atoms with Crippen molar-refractivity contribution in [2.24, 2.45) is 5.92 Å². The van der Waals surface area contributed by atoms with E-state index in [-0.39, 0.29) is 12.6 Å². The first-order chi connectivity index (χ1) is 8.17. The lowest BCUT2D eigenvalue weighted by molar-refractivity contribution is 0.245. The monoisotopic (exact) mass is 236 g/mol. The summed E-state index contributed by atoms with van der Waals surface area (Å²) in [7, 11) is 1.63. The second-order valence-corrected chi connectivity index (χ2v) is 4.63. The van der Waals surface area contributed by atoms with Gasteiger partial charge in [0.15, 0.2) is 0 Å². The second-order valence-electron chi connectivity index (χ2n) is 4.63. The number of rotatable bonds is 3. The third-order valence-corrected chi connectivity index (χ3v) is 3.61. The van der Waals surface area contributed by atoms with E-state index in [0.717, 1.165) is 24.4 Å². The molecule has 0 aromatic heterocycles. The molecule has 0 bridgehead atoms. The van der Waals surface area contributed by atoms with E-state index < -0.39 is 0 Å². The Hall–Kier alpha value is -1.42. The van der Waals surface area contributed by atoms with Crippen molar-refractivity contribution in [2.75, 3.05) is 30.9 Å². The minimum atomic E-state index is 0.172. The van der Waals surface area contributed by atoms with Crippen LogP contribution in [0.5, 0.6) is 5.75 Å². The Bertz CT molecular complexity index is 395. The SMILES string of the molecule is COc1ccc(N2CCC(C)C2CO)c(N)c1. The quantitative estimate of drug-likeness (QED) is 0.781. The number of hydrogen-bond donors (Lipinski definition) is 2. The molecular weight excluding hydrogens is 216 g/mol. The summed E-state index contributed by atoms with van der Waals surface area (Å²) in [5.74, 6) is 1.26. The highest BCUT2D eigenvalue weighted by atomic mass is 16.5. The molecule has 1 aliphatic rings. The summed E-state index contributed by atoms with van der Waals surface area (Å²) < 4.78 is 5.14. The van der Waals surface area contributed by atoms with Crippen molar-refractivity contribution in [2.45, 2.75) is 19.4 Å². The summed E-state index contributed by atoms with van der Waals surface area (Å²) in [6, 6.07) is 5.87. The van der Waals surface area contributed by atoms with Crippen LogP contribution in [0, 0.1) is 5.92 Å². The van der Waals surface area contributed by atoms with E-state index in [2.05, 4.69) is 11.8 Å². The van der Waals surface area contributed by atoms with Gasteiger partial charge in [-0.25, -0.2) is 0 Å². The third kappa shape index (κ3) is 2.17. The van der Waals surface area contributed by atoms with Gasteiger partial charge < -0.3 is 20.5 Å². The number of nitrogens with zero attached hydrogens (tertiary/aromatic N) is 1. The van der Waals surface area contributed by atoms with Gasteiger partial charge in [-0.15, -0.1) is 0 Å². The van der Waals surface area contributed by atoms with Crippen molar-refractivity contribution in [1.29, 1.82) is 0 Å². The van der Waals surface area contributed by atoms with E-state index in [1.54, 1.807) is 7.11 Å². The van der Waals surface area contributed by atoms with Crippen LogP contribution in [0.15, 0.2) is 18.2 Å². The fourth-order valence-electron chi connectivity index (χ4n) is 2.51. The summed E-state index contributed by atoms with van der Waals surface area (Å²) in [6.07, 6.45) is 1.09. The van der Waals surface area contributed by atoms with Crippen molar-refractivity contribution in [3.05, 3.63) is 18.2 Å². The minimum absolute atomic E-state index is 0.172. The second kappa shape index (κ2) is 4.84. The Morgan fingerprint density at radius 3 is 2.88 bits per heavy atom. The number of benzene rings is 1. The summed E-state index contributed by atoms with van der Waals surface area (Å²) in [5.41, 5.74) is 7.74. The van der Waals surface area contributed by atoms with Crippen LogP contribution in [-0.4, -0.2) is 31.4 Å². The van der Waals surface area contributed by atoms with Crippen molar-refractivity contribution in [3.8, 4) is 5.75 Å². The summed E-state index contributed by atoms with van der Waals surface area (Å²) in [6.45, 7) is 3.29. The number of ether oxygens (including phenoxy) is 1. The van der Waals surface area contributed by atoms with Crippen LogP contribution in [0.1, 0.15) is 13.3 Å². The summed E-state index contributed by atoms with van der Waals surface area (Å²) in [4.78, 5) is 2.19. The standard InChI is InChI=1S/C13H20N2O2/c1-9-5-6-15(13(9)8-16)12-4-3-10(17-2)7-11(12)14/h3-4,7,9,13,16H,5-6,8,14H2,1-2H3. The van der Waals surface area contributed by atoms with Crippen molar-refractivity contribution in [1.82, 2.24) is 0 Å². The number of methoxy groups -OCH3 is 1. The van der Waals surface area contributed by atoms with Gasteiger partial charge in [0.25, 0.3) is 0 Å². The van der Waals surface area contributed by atoms with Crippen LogP contribution in [0.2, 0.25) is 0 Å². The van der Waals surface area contributed by atoms with Crippen molar-refractivity contribution in [3.63, 3.8) is 0 Å². The lowest BCUT2D eigenvalue weighted by atomic mass is 10.0. The highest BCUT2D eigenvalue weighted by molar-refractivity contribution is 5.70. The first kappa shape index (κ1) is 12.0. The molecule has 4 nitrogen and oxygen atoms in total.